The number of imidazole rings is 1. The van der Waals surface area contributed by atoms with Crippen molar-refractivity contribution < 1.29 is 29.4 Å². The number of nitrogens with two attached hydrogens (primary N) is 2. The average molecular weight is 557 g/mol. The number of H-pyrrole nitrogens is 2. The number of carboxylic acid groups (broad SMARTS) is 1. The number of rotatable bonds is 16. The fourth-order valence-electron chi connectivity index (χ4n) is 4.23. The number of carbonyl (C=O) groups is 4. The van der Waals surface area contributed by atoms with Gasteiger partial charge in [0.2, 0.25) is 17.7 Å². The predicted molar refractivity (Wildman–Crippen MR) is 146 cm³/mol. The van der Waals surface area contributed by atoms with Gasteiger partial charge in [-0.2, -0.15) is 0 Å². The number of nitrogens with zero attached hydrogens (tertiary/aromatic N) is 1. The van der Waals surface area contributed by atoms with Crippen LogP contribution in [0.3, 0.4) is 0 Å². The minimum absolute atomic E-state index is 0.0841. The van der Waals surface area contributed by atoms with E-state index in [1.807, 2.05) is 24.3 Å². The molecule has 4 atom stereocenters. The average Bonchev–Trinajstić information content (AvgIpc) is 3.60. The molecule has 0 aliphatic rings. The van der Waals surface area contributed by atoms with Crippen LogP contribution >= 0.6 is 0 Å². The lowest BCUT2D eigenvalue weighted by atomic mass is 10.0. The number of hydrogen-bond donors (Lipinski definition) is 9. The van der Waals surface area contributed by atoms with Crippen LogP contribution in [0.1, 0.15) is 30.5 Å². The maximum Gasteiger partial charge on any atom is 0.326 e. The zero-order valence-corrected chi connectivity index (χ0v) is 21.9. The number of amides is 3. The van der Waals surface area contributed by atoms with Gasteiger partial charge in [-0.3, -0.25) is 14.4 Å². The second-order valence-corrected chi connectivity index (χ2v) is 9.44. The summed E-state index contributed by atoms with van der Waals surface area (Å²) in [6, 6.07) is 2.79. The van der Waals surface area contributed by atoms with Crippen LogP contribution < -0.4 is 27.4 Å². The van der Waals surface area contributed by atoms with Gasteiger partial charge in [-0.15, -0.1) is 0 Å². The number of aromatic nitrogens is 3. The molecule has 0 saturated carbocycles. The first-order chi connectivity index (χ1) is 19.2. The van der Waals surface area contributed by atoms with Crippen molar-refractivity contribution in [3.8, 4) is 0 Å². The summed E-state index contributed by atoms with van der Waals surface area (Å²) in [7, 11) is 0. The molecule has 3 aromatic rings. The van der Waals surface area contributed by atoms with Crippen LogP contribution in [0.25, 0.3) is 10.9 Å². The molecule has 11 N–H and O–H groups in total. The van der Waals surface area contributed by atoms with Crippen LogP contribution in [-0.2, 0) is 32.0 Å². The molecule has 3 rings (SSSR count). The predicted octanol–water partition coefficient (Wildman–Crippen LogP) is -1.34. The smallest absolute Gasteiger partial charge is 0.326 e. The number of carbonyl (C=O) groups excluding carboxylic acids is 3. The Morgan fingerprint density at radius 1 is 0.925 bits per heavy atom. The van der Waals surface area contributed by atoms with E-state index in [1.54, 1.807) is 6.20 Å². The van der Waals surface area contributed by atoms with Gasteiger partial charge in [0, 0.05) is 35.4 Å². The summed E-state index contributed by atoms with van der Waals surface area (Å²) >= 11 is 0. The first kappa shape index (κ1) is 30.3. The van der Waals surface area contributed by atoms with Crippen LogP contribution in [0, 0.1) is 0 Å². The summed E-state index contributed by atoms with van der Waals surface area (Å²) in [6.45, 7) is -0.408. The second kappa shape index (κ2) is 14.8. The molecule has 14 heteroatoms. The number of unbranched alkanes of at least 4 members (excludes halogenated alkanes) is 1. The van der Waals surface area contributed by atoms with E-state index >= 15 is 0 Å². The zero-order chi connectivity index (χ0) is 29.1. The first-order valence-electron chi connectivity index (χ1n) is 13.0. The van der Waals surface area contributed by atoms with Gasteiger partial charge in [0.25, 0.3) is 0 Å². The molecule has 0 radical (unpaired) electrons. The highest BCUT2D eigenvalue weighted by atomic mass is 16.4. The van der Waals surface area contributed by atoms with Crippen molar-refractivity contribution in [2.75, 3.05) is 13.2 Å². The third kappa shape index (κ3) is 8.36. The Balaban J connectivity index is 1.63. The Morgan fingerprint density at radius 3 is 2.30 bits per heavy atom. The molecule has 1 aromatic carbocycles. The van der Waals surface area contributed by atoms with Crippen molar-refractivity contribution in [2.24, 2.45) is 11.5 Å². The number of aliphatic carboxylic acids is 1. The molecule has 0 fully saturated rings. The number of benzene rings is 1. The Bertz CT molecular complexity index is 1280. The van der Waals surface area contributed by atoms with Crippen LogP contribution in [-0.4, -0.2) is 86.2 Å². The summed E-state index contributed by atoms with van der Waals surface area (Å²) in [5.41, 5.74) is 14.0. The Morgan fingerprint density at radius 2 is 1.62 bits per heavy atom. The Kier molecular flexibility index (Phi) is 11.2. The lowest BCUT2D eigenvalue weighted by Crippen LogP contribution is -2.58. The van der Waals surface area contributed by atoms with Crippen LogP contribution in [0.5, 0.6) is 0 Å². The van der Waals surface area contributed by atoms with Gasteiger partial charge < -0.3 is 47.6 Å². The fraction of sp³-hybridized carbons (Fsp3) is 0.423. The number of nitrogens with one attached hydrogen (secondary N) is 5. The molecule has 0 saturated heterocycles. The van der Waals surface area contributed by atoms with E-state index in [1.165, 1.54) is 12.5 Å². The molecule has 0 aliphatic heterocycles. The standard InChI is InChI=1S/C26H36N8O6/c27-8-4-3-7-20(32-23(36)18(28)9-15-11-30-19-6-2-1-5-17(15)19)24(37)34-22(13-35)25(38)33-21(26(39)40)10-16-12-29-14-31-16/h1-2,5-6,11-12,14,18,20-22,30,35H,3-4,7-10,13,27-28H2,(H,29,31)(H,32,36)(H,33,38)(H,34,37)(H,39,40). The zero-order valence-electron chi connectivity index (χ0n) is 21.9. The monoisotopic (exact) mass is 556 g/mol. The van der Waals surface area contributed by atoms with Crippen LogP contribution in [0.4, 0.5) is 0 Å². The number of para-hydroxylation sites is 1. The molecule has 0 bridgehead atoms. The van der Waals surface area contributed by atoms with Crippen molar-refractivity contribution >= 4 is 34.6 Å². The van der Waals surface area contributed by atoms with Gasteiger partial charge in [-0.25, -0.2) is 9.78 Å². The van der Waals surface area contributed by atoms with Gasteiger partial charge in [-0.05, 0) is 43.9 Å². The van der Waals surface area contributed by atoms with Gasteiger partial charge in [0.15, 0.2) is 0 Å². The SMILES string of the molecule is NCCCCC(NC(=O)C(N)Cc1c[nH]c2ccccc12)C(=O)NC(CO)C(=O)NC(Cc1cnc[nH]1)C(=O)O. The normalized spacial score (nSPS) is 14.2. The molecule has 2 heterocycles. The Labute approximate surface area is 230 Å². The summed E-state index contributed by atoms with van der Waals surface area (Å²) in [6.07, 6.45) is 6.04. The number of aromatic amines is 2. The first-order valence-corrected chi connectivity index (χ1v) is 13.0. The topological polar surface area (TPSA) is 241 Å². The highest BCUT2D eigenvalue weighted by Gasteiger charge is 2.30. The Hall–Kier alpha value is -4.27. The summed E-state index contributed by atoms with van der Waals surface area (Å²) < 4.78 is 0. The van der Waals surface area contributed by atoms with Crippen molar-refractivity contribution in [3.63, 3.8) is 0 Å². The number of carboxylic acids is 1. The molecular weight excluding hydrogens is 520 g/mol. The van der Waals surface area contributed by atoms with Crippen LogP contribution in [0.2, 0.25) is 0 Å². The molecule has 216 valence electrons. The molecule has 4 unspecified atom stereocenters. The number of hydrogen-bond acceptors (Lipinski definition) is 8. The van der Waals surface area contributed by atoms with E-state index in [0.717, 1.165) is 16.5 Å². The van der Waals surface area contributed by atoms with Gasteiger partial charge in [-0.1, -0.05) is 18.2 Å². The van der Waals surface area contributed by atoms with Crippen molar-refractivity contribution in [1.29, 1.82) is 0 Å². The number of aliphatic hydroxyl groups is 1. The van der Waals surface area contributed by atoms with E-state index in [0.29, 0.717) is 25.1 Å². The molecule has 40 heavy (non-hydrogen) atoms. The molecule has 2 aromatic heterocycles. The fourth-order valence-corrected chi connectivity index (χ4v) is 4.23. The third-order valence-corrected chi connectivity index (χ3v) is 6.44. The van der Waals surface area contributed by atoms with E-state index in [2.05, 4.69) is 30.9 Å². The van der Waals surface area contributed by atoms with Gasteiger partial charge in [0.05, 0.1) is 19.0 Å². The lowest BCUT2D eigenvalue weighted by molar-refractivity contribution is -0.142. The van der Waals surface area contributed by atoms with Crippen LogP contribution in [0.15, 0.2) is 43.0 Å². The maximum absolute atomic E-state index is 13.1. The minimum atomic E-state index is -1.45. The number of aliphatic hydroxyl groups excluding tert-OH is 1. The highest BCUT2D eigenvalue weighted by Crippen LogP contribution is 2.19. The maximum atomic E-state index is 13.1. The second-order valence-electron chi connectivity index (χ2n) is 9.44. The highest BCUT2D eigenvalue weighted by molar-refractivity contribution is 5.94. The van der Waals surface area contributed by atoms with E-state index in [4.69, 9.17) is 11.5 Å². The van der Waals surface area contributed by atoms with Gasteiger partial charge >= 0.3 is 5.97 Å². The van der Waals surface area contributed by atoms with E-state index in [9.17, 15) is 29.4 Å². The van der Waals surface area contributed by atoms with Gasteiger partial charge in [0.1, 0.15) is 18.1 Å². The summed E-state index contributed by atoms with van der Waals surface area (Å²) in [5.74, 6) is -3.49. The van der Waals surface area contributed by atoms with Crippen molar-refractivity contribution in [1.82, 2.24) is 30.9 Å². The molecular formula is C26H36N8O6. The van der Waals surface area contributed by atoms with E-state index in [-0.39, 0.29) is 19.3 Å². The quantitative estimate of drug-likeness (QED) is 0.0947. The summed E-state index contributed by atoms with van der Waals surface area (Å²) in [4.78, 5) is 60.2. The minimum Gasteiger partial charge on any atom is -0.480 e. The lowest BCUT2D eigenvalue weighted by Gasteiger charge is -2.24. The largest absolute Gasteiger partial charge is 0.480 e. The molecule has 14 nitrogen and oxygen atoms in total. The van der Waals surface area contributed by atoms with E-state index < -0.39 is 54.5 Å². The van der Waals surface area contributed by atoms with Crippen molar-refractivity contribution in [2.45, 2.75) is 56.3 Å². The van der Waals surface area contributed by atoms with Crippen molar-refractivity contribution in [3.05, 3.63) is 54.2 Å². The molecule has 0 spiro atoms. The number of fused-ring (bicyclic) bond motifs is 1. The molecule has 3 amide bonds. The molecule has 0 aliphatic carbocycles. The summed E-state index contributed by atoms with van der Waals surface area (Å²) in [5, 5.41) is 27.6. The third-order valence-electron chi connectivity index (χ3n) is 6.44.